The molecule has 0 radical (unpaired) electrons. The molecule has 2 aromatic rings. The van der Waals surface area contributed by atoms with Gasteiger partial charge in [-0.25, -0.2) is 4.98 Å². The van der Waals surface area contributed by atoms with E-state index >= 15 is 0 Å². The van der Waals surface area contributed by atoms with Gasteiger partial charge < -0.3 is 4.74 Å². The molecule has 0 fully saturated rings. The van der Waals surface area contributed by atoms with Gasteiger partial charge in [0.25, 0.3) is 5.91 Å². The molecule has 0 unspecified atom stereocenters. The van der Waals surface area contributed by atoms with Gasteiger partial charge in [-0.05, 0) is 24.1 Å². The van der Waals surface area contributed by atoms with Crippen molar-refractivity contribution in [3.63, 3.8) is 0 Å². The van der Waals surface area contributed by atoms with Crippen LogP contribution in [0.3, 0.4) is 0 Å². The summed E-state index contributed by atoms with van der Waals surface area (Å²) in [5.74, 6) is 0.510. The summed E-state index contributed by atoms with van der Waals surface area (Å²) in [6.45, 7) is 2.07. The van der Waals surface area contributed by atoms with Crippen LogP contribution < -0.4 is 10.1 Å². The third-order valence-electron chi connectivity index (χ3n) is 2.36. The average molecular weight is 262 g/mol. The smallest absolute Gasteiger partial charge is 0.264 e. The summed E-state index contributed by atoms with van der Waals surface area (Å²) in [6, 6.07) is 7.74. The molecule has 1 aromatic carbocycles. The molecule has 1 N–H and O–H groups in total. The van der Waals surface area contributed by atoms with E-state index in [9.17, 15) is 4.79 Å². The largest absolute Gasteiger partial charge is 0.484 e. The summed E-state index contributed by atoms with van der Waals surface area (Å²) < 4.78 is 5.42. The number of rotatable bonds is 5. The predicted octanol–water partition coefficient (Wildman–Crippen LogP) is 2.72. The third kappa shape index (κ3) is 3.56. The van der Waals surface area contributed by atoms with E-state index < -0.39 is 0 Å². The van der Waals surface area contributed by atoms with Crippen molar-refractivity contribution < 1.29 is 9.53 Å². The van der Waals surface area contributed by atoms with Crippen molar-refractivity contribution in [3.8, 4) is 5.75 Å². The Balaban J connectivity index is 1.85. The maximum Gasteiger partial charge on any atom is 0.264 e. The molecule has 1 amide bonds. The van der Waals surface area contributed by atoms with Gasteiger partial charge in [0.05, 0.1) is 0 Å². The van der Waals surface area contributed by atoms with Gasteiger partial charge in [0.15, 0.2) is 11.7 Å². The van der Waals surface area contributed by atoms with Crippen LogP contribution >= 0.6 is 11.3 Å². The summed E-state index contributed by atoms with van der Waals surface area (Å²) in [5, 5.41) is 5.06. The van der Waals surface area contributed by atoms with Gasteiger partial charge in [0, 0.05) is 11.6 Å². The topological polar surface area (TPSA) is 51.2 Å². The fourth-order valence-electron chi connectivity index (χ4n) is 1.44. The summed E-state index contributed by atoms with van der Waals surface area (Å²) in [5.41, 5.74) is 1.19. The maximum atomic E-state index is 11.6. The zero-order valence-electron chi connectivity index (χ0n) is 10.1. The molecule has 0 saturated heterocycles. The zero-order valence-corrected chi connectivity index (χ0v) is 10.9. The average Bonchev–Trinajstić information content (AvgIpc) is 2.89. The quantitative estimate of drug-likeness (QED) is 0.901. The second-order valence-electron chi connectivity index (χ2n) is 3.68. The number of amides is 1. The molecule has 0 aliphatic heterocycles. The van der Waals surface area contributed by atoms with Crippen molar-refractivity contribution in [1.29, 1.82) is 0 Å². The molecular formula is C13H14N2O2S. The first kappa shape index (κ1) is 12.6. The van der Waals surface area contributed by atoms with Crippen LogP contribution in [0, 0.1) is 0 Å². The molecular weight excluding hydrogens is 248 g/mol. The van der Waals surface area contributed by atoms with Gasteiger partial charge >= 0.3 is 0 Å². The number of anilines is 1. The molecule has 5 heteroatoms. The summed E-state index contributed by atoms with van der Waals surface area (Å²) in [6.07, 6.45) is 2.59. The number of aryl methyl sites for hydroxylation is 1. The van der Waals surface area contributed by atoms with Gasteiger partial charge in [-0.2, -0.15) is 0 Å². The maximum absolute atomic E-state index is 11.6. The van der Waals surface area contributed by atoms with E-state index in [1.54, 1.807) is 11.6 Å². The van der Waals surface area contributed by atoms with Gasteiger partial charge in [-0.15, -0.1) is 11.3 Å². The van der Waals surface area contributed by atoms with Crippen LogP contribution in [0.15, 0.2) is 35.8 Å². The summed E-state index contributed by atoms with van der Waals surface area (Å²) >= 11 is 1.38. The molecule has 0 spiro atoms. The first-order valence-corrected chi connectivity index (χ1v) is 6.57. The van der Waals surface area contributed by atoms with E-state index in [1.165, 1.54) is 16.9 Å². The number of hydrogen-bond donors (Lipinski definition) is 1. The van der Waals surface area contributed by atoms with Crippen LogP contribution in [0.2, 0.25) is 0 Å². The van der Waals surface area contributed by atoms with E-state index in [-0.39, 0.29) is 12.5 Å². The highest BCUT2D eigenvalue weighted by atomic mass is 32.1. The van der Waals surface area contributed by atoms with Crippen LogP contribution in [-0.2, 0) is 11.2 Å². The molecule has 0 bridgehead atoms. The Bertz CT molecular complexity index is 511. The minimum Gasteiger partial charge on any atom is -0.484 e. The Hall–Kier alpha value is -1.88. The van der Waals surface area contributed by atoms with Crippen molar-refractivity contribution >= 4 is 22.4 Å². The Kier molecular flexibility index (Phi) is 4.30. The number of nitrogens with one attached hydrogen (secondary N) is 1. The molecule has 2 rings (SSSR count). The van der Waals surface area contributed by atoms with E-state index in [2.05, 4.69) is 17.2 Å². The number of benzene rings is 1. The number of thiazole rings is 1. The summed E-state index contributed by atoms with van der Waals surface area (Å²) in [4.78, 5) is 15.5. The minimum absolute atomic E-state index is 0.00719. The highest BCUT2D eigenvalue weighted by molar-refractivity contribution is 7.13. The Morgan fingerprint density at radius 1 is 1.50 bits per heavy atom. The molecule has 4 nitrogen and oxygen atoms in total. The normalized spacial score (nSPS) is 10.1. The third-order valence-corrected chi connectivity index (χ3v) is 3.04. The number of ether oxygens (including phenoxy) is 1. The predicted molar refractivity (Wildman–Crippen MR) is 72.1 cm³/mol. The Morgan fingerprint density at radius 2 is 2.39 bits per heavy atom. The number of nitrogens with zero attached hydrogens (tertiary/aromatic N) is 1. The van der Waals surface area contributed by atoms with E-state index in [0.29, 0.717) is 10.9 Å². The molecule has 0 aliphatic rings. The van der Waals surface area contributed by atoms with Crippen LogP contribution in [0.4, 0.5) is 5.13 Å². The van der Waals surface area contributed by atoms with E-state index in [0.717, 1.165) is 6.42 Å². The summed E-state index contributed by atoms with van der Waals surface area (Å²) in [7, 11) is 0. The fourth-order valence-corrected chi connectivity index (χ4v) is 1.99. The lowest BCUT2D eigenvalue weighted by Crippen LogP contribution is -2.20. The fraction of sp³-hybridized carbons (Fsp3) is 0.231. The van der Waals surface area contributed by atoms with Gasteiger partial charge in [0.1, 0.15) is 5.75 Å². The monoisotopic (exact) mass is 262 g/mol. The van der Waals surface area contributed by atoms with E-state index in [4.69, 9.17) is 4.74 Å². The van der Waals surface area contributed by atoms with Gasteiger partial charge in [-0.1, -0.05) is 19.1 Å². The molecule has 18 heavy (non-hydrogen) atoms. The molecule has 0 aliphatic carbocycles. The zero-order chi connectivity index (χ0) is 12.8. The van der Waals surface area contributed by atoms with Crippen LogP contribution in [0.5, 0.6) is 5.75 Å². The van der Waals surface area contributed by atoms with Crippen LogP contribution in [-0.4, -0.2) is 17.5 Å². The van der Waals surface area contributed by atoms with Crippen LogP contribution in [0.25, 0.3) is 0 Å². The van der Waals surface area contributed by atoms with Gasteiger partial charge in [-0.3, -0.25) is 10.1 Å². The molecule has 0 saturated carbocycles. The highest BCUT2D eigenvalue weighted by Gasteiger charge is 2.05. The SMILES string of the molecule is CCc1cccc(OCC(=O)Nc2nccs2)c1. The molecule has 0 atom stereocenters. The van der Waals surface area contributed by atoms with Crippen molar-refractivity contribution in [2.75, 3.05) is 11.9 Å². The number of hydrogen-bond acceptors (Lipinski definition) is 4. The lowest BCUT2D eigenvalue weighted by atomic mass is 10.2. The van der Waals surface area contributed by atoms with E-state index in [1.807, 2.05) is 24.3 Å². The highest BCUT2D eigenvalue weighted by Crippen LogP contribution is 2.14. The standard InChI is InChI=1S/C13H14N2O2S/c1-2-10-4-3-5-11(8-10)17-9-12(16)15-13-14-6-7-18-13/h3-8H,2,9H2,1H3,(H,14,15,16). The van der Waals surface area contributed by atoms with Gasteiger partial charge in [0.2, 0.25) is 0 Å². The number of carbonyl (C=O) groups is 1. The first-order chi connectivity index (χ1) is 8.78. The minimum atomic E-state index is -0.202. The van der Waals surface area contributed by atoms with Crippen molar-refractivity contribution in [3.05, 3.63) is 41.4 Å². The Labute approximate surface area is 110 Å². The molecule has 1 aromatic heterocycles. The number of carbonyl (C=O) groups excluding carboxylic acids is 1. The molecule has 1 heterocycles. The van der Waals surface area contributed by atoms with Crippen molar-refractivity contribution in [2.45, 2.75) is 13.3 Å². The van der Waals surface area contributed by atoms with Crippen LogP contribution in [0.1, 0.15) is 12.5 Å². The Morgan fingerprint density at radius 3 is 3.11 bits per heavy atom. The second kappa shape index (κ2) is 6.16. The lowest BCUT2D eigenvalue weighted by molar-refractivity contribution is -0.118. The first-order valence-electron chi connectivity index (χ1n) is 5.69. The lowest BCUT2D eigenvalue weighted by Gasteiger charge is -2.06. The van der Waals surface area contributed by atoms with Crippen molar-refractivity contribution in [2.24, 2.45) is 0 Å². The second-order valence-corrected chi connectivity index (χ2v) is 4.57. The van der Waals surface area contributed by atoms with Crippen molar-refractivity contribution in [1.82, 2.24) is 4.98 Å². The number of aromatic nitrogens is 1. The molecule has 94 valence electrons.